The molecule has 1 aliphatic heterocycles. The van der Waals surface area contributed by atoms with Crippen molar-refractivity contribution in [3.05, 3.63) is 65.4 Å². The van der Waals surface area contributed by atoms with Gasteiger partial charge in [0.1, 0.15) is 12.4 Å². The van der Waals surface area contributed by atoms with Crippen molar-refractivity contribution in [3.63, 3.8) is 0 Å². The maximum Gasteiger partial charge on any atom is 0.120 e. The summed E-state index contributed by atoms with van der Waals surface area (Å²) in [7, 11) is 0. The quantitative estimate of drug-likeness (QED) is 0.798. The molecule has 0 fully saturated rings. The van der Waals surface area contributed by atoms with E-state index < -0.39 is 0 Å². The van der Waals surface area contributed by atoms with Gasteiger partial charge in [0.05, 0.1) is 6.67 Å². The molecule has 0 radical (unpaired) electrons. The lowest BCUT2D eigenvalue weighted by Gasteiger charge is -2.18. The first kappa shape index (κ1) is 13.4. The predicted octanol–water partition coefficient (Wildman–Crippen LogP) is 3.63. The van der Waals surface area contributed by atoms with E-state index in [1.54, 1.807) is 0 Å². The van der Waals surface area contributed by atoms with Crippen LogP contribution in [0.15, 0.2) is 48.5 Å². The summed E-state index contributed by atoms with van der Waals surface area (Å²) < 4.78 is 8.35. The topological polar surface area (TPSA) is 26.2 Å². The molecule has 2 heterocycles. The van der Waals surface area contributed by atoms with Crippen molar-refractivity contribution in [2.75, 3.05) is 6.54 Å². The Balaban J connectivity index is 1.65. The Labute approximate surface area is 130 Å². The molecule has 112 valence electrons. The molecule has 3 aromatic rings. The normalized spacial score (nSPS) is 14.0. The Morgan fingerprint density at radius 2 is 2.00 bits per heavy atom. The molecule has 1 aromatic heterocycles. The molecule has 3 heteroatoms. The summed E-state index contributed by atoms with van der Waals surface area (Å²) >= 11 is 0. The molecule has 0 amide bonds. The van der Waals surface area contributed by atoms with Gasteiger partial charge in [0.2, 0.25) is 0 Å². The Morgan fingerprint density at radius 1 is 1.14 bits per heavy atom. The molecule has 2 aromatic carbocycles. The Bertz CT molecular complexity index is 805. The maximum atomic E-state index is 5.96. The van der Waals surface area contributed by atoms with Gasteiger partial charge in [-0.05, 0) is 36.2 Å². The fourth-order valence-corrected chi connectivity index (χ4v) is 3.29. The van der Waals surface area contributed by atoms with Crippen molar-refractivity contribution in [2.45, 2.75) is 26.6 Å². The van der Waals surface area contributed by atoms with Crippen molar-refractivity contribution in [3.8, 4) is 5.75 Å². The van der Waals surface area contributed by atoms with E-state index in [-0.39, 0.29) is 0 Å². The van der Waals surface area contributed by atoms with E-state index in [0.717, 1.165) is 25.4 Å². The summed E-state index contributed by atoms with van der Waals surface area (Å²) in [6.07, 6.45) is 1.10. The van der Waals surface area contributed by atoms with Crippen LogP contribution in [0.3, 0.4) is 0 Å². The van der Waals surface area contributed by atoms with Gasteiger partial charge in [-0.3, -0.25) is 5.32 Å². The highest BCUT2D eigenvalue weighted by Gasteiger charge is 2.17. The number of nitrogens with one attached hydrogen (secondary N) is 1. The molecule has 0 aliphatic carbocycles. The van der Waals surface area contributed by atoms with Gasteiger partial charge >= 0.3 is 0 Å². The van der Waals surface area contributed by atoms with E-state index in [2.05, 4.69) is 47.1 Å². The third-order valence-corrected chi connectivity index (χ3v) is 4.48. The van der Waals surface area contributed by atoms with E-state index >= 15 is 0 Å². The molecular formula is C19H20N2O. The minimum Gasteiger partial charge on any atom is -0.489 e. The number of aryl methyl sites for hydroxylation is 1. The van der Waals surface area contributed by atoms with Crippen LogP contribution in [-0.4, -0.2) is 11.1 Å². The lowest BCUT2D eigenvalue weighted by atomic mass is 10.1. The average molecular weight is 292 g/mol. The molecule has 0 atom stereocenters. The van der Waals surface area contributed by atoms with Gasteiger partial charge < -0.3 is 9.30 Å². The number of ether oxygens (including phenoxy) is 1. The Morgan fingerprint density at radius 3 is 2.86 bits per heavy atom. The second-order valence-corrected chi connectivity index (χ2v) is 5.86. The molecule has 0 saturated carbocycles. The van der Waals surface area contributed by atoms with Gasteiger partial charge in [0.15, 0.2) is 0 Å². The van der Waals surface area contributed by atoms with Crippen LogP contribution in [0.25, 0.3) is 10.9 Å². The number of fused-ring (bicyclic) bond motifs is 3. The zero-order chi connectivity index (χ0) is 14.9. The van der Waals surface area contributed by atoms with Crippen LogP contribution in [0.5, 0.6) is 5.75 Å². The van der Waals surface area contributed by atoms with Crippen LogP contribution in [0.1, 0.15) is 16.8 Å². The molecule has 0 saturated heterocycles. The summed E-state index contributed by atoms with van der Waals surface area (Å²) in [5.41, 5.74) is 5.34. The standard InChI is InChI=1S/C19H20N2O/c1-14-17-11-16(22-12-15-5-3-2-4-6-15)7-8-19(17)21-13-20-10-9-18(14)21/h2-8,11,20H,9-10,12-13H2,1H3. The van der Waals surface area contributed by atoms with Gasteiger partial charge in [0.25, 0.3) is 0 Å². The minimum absolute atomic E-state index is 0.612. The molecule has 0 bridgehead atoms. The van der Waals surface area contributed by atoms with Crippen molar-refractivity contribution < 1.29 is 4.74 Å². The minimum atomic E-state index is 0.612. The molecule has 22 heavy (non-hydrogen) atoms. The number of hydrogen-bond donors (Lipinski definition) is 1. The molecular weight excluding hydrogens is 272 g/mol. The van der Waals surface area contributed by atoms with E-state index in [9.17, 15) is 0 Å². The molecule has 4 rings (SSSR count). The lowest BCUT2D eigenvalue weighted by Crippen LogP contribution is -2.28. The SMILES string of the molecule is Cc1c2n(c3ccc(OCc4ccccc4)cc13)CNCC2. The highest BCUT2D eigenvalue weighted by Crippen LogP contribution is 2.30. The first-order valence-corrected chi connectivity index (χ1v) is 7.82. The zero-order valence-corrected chi connectivity index (χ0v) is 12.8. The van der Waals surface area contributed by atoms with Gasteiger partial charge in [-0.15, -0.1) is 0 Å². The Kier molecular flexibility index (Phi) is 3.35. The van der Waals surface area contributed by atoms with E-state index in [1.807, 2.05) is 18.2 Å². The fourth-order valence-electron chi connectivity index (χ4n) is 3.29. The summed E-state index contributed by atoms with van der Waals surface area (Å²) in [6.45, 7) is 4.80. The highest BCUT2D eigenvalue weighted by atomic mass is 16.5. The molecule has 3 nitrogen and oxygen atoms in total. The predicted molar refractivity (Wildman–Crippen MR) is 89.2 cm³/mol. The van der Waals surface area contributed by atoms with E-state index in [1.165, 1.54) is 27.7 Å². The van der Waals surface area contributed by atoms with Crippen LogP contribution in [0, 0.1) is 6.92 Å². The van der Waals surface area contributed by atoms with Gasteiger partial charge in [-0.25, -0.2) is 0 Å². The van der Waals surface area contributed by atoms with Crippen LogP contribution >= 0.6 is 0 Å². The number of nitrogens with zero attached hydrogens (tertiary/aromatic N) is 1. The largest absolute Gasteiger partial charge is 0.489 e. The maximum absolute atomic E-state index is 5.96. The summed E-state index contributed by atoms with van der Waals surface area (Å²) in [6, 6.07) is 16.7. The van der Waals surface area contributed by atoms with Crippen molar-refractivity contribution in [1.29, 1.82) is 0 Å². The second kappa shape index (κ2) is 5.50. The van der Waals surface area contributed by atoms with E-state index in [0.29, 0.717) is 6.61 Å². The van der Waals surface area contributed by atoms with Gasteiger partial charge in [-0.2, -0.15) is 0 Å². The zero-order valence-electron chi connectivity index (χ0n) is 12.8. The molecule has 1 aliphatic rings. The Hall–Kier alpha value is -2.26. The van der Waals surface area contributed by atoms with Crippen molar-refractivity contribution >= 4 is 10.9 Å². The average Bonchev–Trinajstić information content (AvgIpc) is 2.87. The van der Waals surface area contributed by atoms with Crippen LogP contribution in [-0.2, 0) is 19.7 Å². The monoisotopic (exact) mass is 292 g/mol. The van der Waals surface area contributed by atoms with Crippen LogP contribution in [0.4, 0.5) is 0 Å². The summed E-state index contributed by atoms with van der Waals surface area (Å²) in [5.74, 6) is 0.940. The van der Waals surface area contributed by atoms with Crippen LogP contribution < -0.4 is 10.1 Å². The second-order valence-electron chi connectivity index (χ2n) is 5.86. The summed E-state index contributed by atoms with van der Waals surface area (Å²) in [4.78, 5) is 0. The number of rotatable bonds is 3. The molecule has 0 unspecified atom stereocenters. The third kappa shape index (κ3) is 2.28. The molecule has 0 spiro atoms. The van der Waals surface area contributed by atoms with Gasteiger partial charge in [-0.1, -0.05) is 30.3 Å². The van der Waals surface area contributed by atoms with E-state index in [4.69, 9.17) is 4.74 Å². The first-order valence-electron chi connectivity index (χ1n) is 7.82. The van der Waals surface area contributed by atoms with Crippen molar-refractivity contribution in [1.82, 2.24) is 9.88 Å². The number of aromatic nitrogens is 1. The third-order valence-electron chi connectivity index (χ3n) is 4.48. The van der Waals surface area contributed by atoms with Crippen molar-refractivity contribution in [2.24, 2.45) is 0 Å². The first-order chi connectivity index (χ1) is 10.8. The molecule has 1 N–H and O–H groups in total. The number of benzene rings is 2. The summed E-state index contributed by atoms with van der Waals surface area (Å²) in [5, 5.41) is 4.75. The van der Waals surface area contributed by atoms with Crippen LogP contribution in [0.2, 0.25) is 0 Å². The number of hydrogen-bond acceptors (Lipinski definition) is 2. The highest BCUT2D eigenvalue weighted by molar-refractivity contribution is 5.86. The van der Waals surface area contributed by atoms with Gasteiger partial charge in [0, 0.05) is 29.6 Å². The lowest BCUT2D eigenvalue weighted by molar-refractivity contribution is 0.306. The fraction of sp³-hybridized carbons (Fsp3) is 0.263. The smallest absolute Gasteiger partial charge is 0.120 e.